The first-order chi connectivity index (χ1) is 10.2. The maximum Gasteiger partial charge on any atom is 0.0792 e. The summed E-state index contributed by atoms with van der Waals surface area (Å²) in [5.41, 5.74) is 2.32. The van der Waals surface area contributed by atoms with Gasteiger partial charge >= 0.3 is 0 Å². The Bertz CT molecular complexity index is 720. The fourth-order valence-corrected chi connectivity index (χ4v) is 5.18. The van der Waals surface area contributed by atoms with Crippen molar-refractivity contribution in [2.75, 3.05) is 0 Å². The Hall–Kier alpha value is -1.57. The van der Waals surface area contributed by atoms with Crippen molar-refractivity contribution in [1.29, 1.82) is 0 Å². The van der Waals surface area contributed by atoms with E-state index in [0.717, 1.165) is 5.56 Å². The van der Waals surface area contributed by atoms with Crippen LogP contribution in [0.5, 0.6) is 0 Å². The molecule has 0 saturated heterocycles. The van der Waals surface area contributed by atoms with Crippen molar-refractivity contribution in [3.8, 4) is 11.8 Å². The highest BCUT2D eigenvalue weighted by molar-refractivity contribution is 6.89. The van der Waals surface area contributed by atoms with Crippen LogP contribution in [0.25, 0.3) is 0 Å². The Balaban J connectivity index is 2.40. The highest BCUT2D eigenvalue weighted by Gasteiger charge is 2.19. The van der Waals surface area contributed by atoms with E-state index in [4.69, 9.17) is 0 Å². The lowest BCUT2D eigenvalue weighted by Gasteiger charge is -2.18. The van der Waals surface area contributed by atoms with Crippen LogP contribution in [0.1, 0.15) is 11.1 Å². The van der Waals surface area contributed by atoms with Crippen LogP contribution in [-0.4, -0.2) is 16.1 Å². The second kappa shape index (κ2) is 6.28. The van der Waals surface area contributed by atoms with E-state index in [1.165, 1.54) is 15.9 Å². The van der Waals surface area contributed by atoms with Crippen LogP contribution in [0.15, 0.2) is 48.5 Å². The predicted octanol–water partition coefficient (Wildman–Crippen LogP) is 4.18. The summed E-state index contributed by atoms with van der Waals surface area (Å²) < 4.78 is 0. The standard InChI is InChI=1S/C20H26Si2/c1-21(2,3)19-12-9-10-17(16-19)14-15-18-11-7-8-13-20(18)22(4,5)6/h7-13,16H,1-6H3. The number of hydrogen-bond donors (Lipinski definition) is 0. The molecule has 2 aromatic carbocycles. The molecule has 0 spiro atoms. The summed E-state index contributed by atoms with van der Waals surface area (Å²) in [6.07, 6.45) is 0. The normalized spacial score (nSPS) is 11.7. The van der Waals surface area contributed by atoms with Crippen molar-refractivity contribution >= 4 is 26.5 Å². The molecule has 0 aliphatic carbocycles. The Kier molecular flexibility index (Phi) is 4.79. The quantitative estimate of drug-likeness (QED) is 0.575. The Labute approximate surface area is 137 Å². The zero-order valence-corrected chi connectivity index (χ0v) is 16.6. The Morgan fingerprint density at radius 1 is 0.682 bits per heavy atom. The lowest BCUT2D eigenvalue weighted by molar-refractivity contribution is 1.62. The Morgan fingerprint density at radius 3 is 2.00 bits per heavy atom. The molecule has 0 amide bonds. The van der Waals surface area contributed by atoms with Crippen molar-refractivity contribution in [3.05, 3.63) is 59.7 Å². The van der Waals surface area contributed by atoms with E-state index in [1.54, 1.807) is 0 Å². The molecule has 0 N–H and O–H groups in total. The fourth-order valence-electron chi connectivity index (χ4n) is 2.45. The van der Waals surface area contributed by atoms with Crippen molar-refractivity contribution in [3.63, 3.8) is 0 Å². The van der Waals surface area contributed by atoms with Crippen molar-refractivity contribution in [2.45, 2.75) is 39.3 Å². The van der Waals surface area contributed by atoms with E-state index in [1.807, 2.05) is 0 Å². The largest absolute Gasteiger partial charge is 0.0792 e. The molecular weight excluding hydrogens is 296 g/mol. The summed E-state index contributed by atoms with van der Waals surface area (Å²) >= 11 is 0. The van der Waals surface area contributed by atoms with Gasteiger partial charge in [0.15, 0.2) is 0 Å². The average molecular weight is 323 g/mol. The van der Waals surface area contributed by atoms with Gasteiger partial charge in [-0.1, -0.05) is 86.6 Å². The van der Waals surface area contributed by atoms with Gasteiger partial charge in [-0.25, -0.2) is 0 Å². The highest BCUT2D eigenvalue weighted by Crippen LogP contribution is 2.08. The van der Waals surface area contributed by atoms with Crippen molar-refractivity contribution in [1.82, 2.24) is 0 Å². The molecule has 0 heterocycles. The van der Waals surface area contributed by atoms with Gasteiger partial charge in [-0.15, -0.1) is 0 Å². The number of rotatable bonds is 2. The van der Waals surface area contributed by atoms with Crippen LogP contribution in [0, 0.1) is 11.8 Å². The second-order valence-electron chi connectivity index (χ2n) is 7.88. The monoisotopic (exact) mass is 322 g/mol. The van der Waals surface area contributed by atoms with Gasteiger partial charge < -0.3 is 0 Å². The van der Waals surface area contributed by atoms with Gasteiger partial charge in [0, 0.05) is 11.1 Å². The zero-order chi connectivity index (χ0) is 16.4. The van der Waals surface area contributed by atoms with Crippen LogP contribution in [0.3, 0.4) is 0 Å². The van der Waals surface area contributed by atoms with Gasteiger partial charge in [0.05, 0.1) is 16.1 Å². The third-order valence-corrected chi connectivity index (χ3v) is 7.90. The summed E-state index contributed by atoms with van der Waals surface area (Å²) in [6, 6.07) is 17.4. The van der Waals surface area contributed by atoms with E-state index >= 15 is 0 Å². The molecule has 2 aromatic rings. The van der Waals surface area contributed by atoms with Gasteiger partial charge in [-0.05, 0) is 23.4 Å². The van der Waals surface area contributed by atoms with Crippen LogP contribution in [-0.2, 0) is 0 Å². The molecule has 0 fully saturated rings. The molecule has 22 heavy (non-hydrogen) atoms. The molecule has 2 heteroatoms. The fraction of sp³-hybridized carbons (Fsp3) is 0.300. The topological polar surface area (TPSA) is 0 Å². The van der Waals surface area contributed by atoms with E-state index < -0.39 is 16.1 Å². The zero-order valence-electron chi connectivity index (χ0n) is 14.6. The van der Waals surface area contributed by atoms with Crippen LogP contribution >= 0.6 is 0 Å². The second-order valence-corrected chi connectivity index (χ2v) is 18.0. The molecule has 0 nitrogen and oxygen atoms in total. The molecule has 0 aromatic heterocycles. The molecular formula is C20H26Si2. The van der Waals surface area contributed by atoms with Gasteiger partial charge in [-0.3, -0.25) is 0 Å². The van der Waals surface area contributed by atoms with Crippen LogP contribution in [0.4, 0.5) is 0 Å². The minimum atomic E-state index is -1.35. The van der Waals surface area contributed by atoms with E-state index in [9.17, 15) is 0 Å². The number of hydrogen-bond acceptors (Lipinski definition) is 0. The maximum absolute atomic E-state index is 3.41. The van der Waals surface area contributed by atoms with Crippen molar-refractivity contribution < 1.29 is 0 Å². The van der Waals surface area contributed by atoms with Gasteiger partial charge in [0.2, 0.25) is 0 Å². The first kappa shape index (κ1) is 16.8. The van der Waals surface area contributed by atoms with E-state index in [0.29, 0.717) is 0 Å². The van der Waals surface area contributed by atoms with Gasteiger partial charge in [0.25, 0.3) is 0 Å². The first-order valence-corrected chi connectivity index (χ1v) is 14.9. The van der Waals surface area contributed by atoms with E-state index in [2.05, 4.69) is 99.7 Å². The van der Waals surface area contributed by atoms with Crippen LogP contribution in [0.2, 0.25) is 39.3 Å². The molecule has 0 aliphatic rings. The van der Waals surface area contributed by atoms with Crippen LogP contribution < -0.4 is 10.4 Å². The SMILES string of the molecule is C[Si](C)(C)c1cccc(C#Cc2ccccc2[Si](C)(C)C)c1. The average Bonchev–Trinajstić information content (AvgIpc) is 2.44. The molecule has 0 aliphatic heterocycles. The summed E-state index contributed by atoms with van der Waals surface area (Å²) in [7, 11) is -2.63. The molecule has 0 saturated carbocycles. The highest BCUT2D eigenvalue weighted by atomic mass is 28.3. The van der Waals surface area contributed by atoms with Crippen molar-refractivity contribution in [2.24, 2.45) is 0 Å². The predicted molar refractivity (Wildman–Crippen MR) is 105 cm³/mol. The third kappa shape index (κ3) is 4.22. The first-order valence-electron chi connectivity index (χ1n) is 7.90. The molecule has 2 rings (SSSR count). The smallest absolute Gasteiger partial charge is 0.0656 e. The molecule has 0 atom stereocenters. The minimum absolute atomic E-state index is 1.13. The minimum Gasteiger partial charge on any atom is -0.0656 e. The van der Waals surface area contributed by atoms with Gasteiger partial charge in [-0.2, -0.15) is 0 Å². The lowest BCUT2D eigenvalue weighted by atomic mass is 10.2. The summed E-state index contributed by atoms with van der Waals surface area (Å²) in [4.78, 5) is 0. The Morgan fingerprint density at radius 2 is 1.36 bits per heavy atom. The third-order valence-electron chi connectivity index (χ3n) is 3.81. The summed E-state index contributed by atoms with van der Waals surface area (Å²) in [6.45, 7) is 14.2. The molecule has 0 unspecified atom stereocenters. The van der Waals surface area contributed by atoms with E-state index in [-0.39, 0.29) is 0 Å². The molecule has 114 valence electrons. The van der Waals surface area contributed by atoms with Gasteiger partial charge in [0.1, 0.15) is 0 Å². The molecule has 0 bridgehead atoms. The summed E-state index contributed by atoms with van der Waals surface area (Å²) in [5, 5.41) is 2.92. The molecule has 0 radical (unpaired) electrons. The lowest BCUT2D eigenvalue weighted by Crippen LogP contribution is -2.39. The maximum atomic E-state index is 3.41. The summed E-state index contributed by atoms with van der Waals surface area (Å²) in [5.74, 6) is 6.80. The number of benzene rings is 2.